The molecule has 0 aliphatic heterocycles. The maximum atomic E-state index is 7.30. The molecule has 0 spiro atoms. The molecule has 0 saturated carbocycles. The van der Waals surface area contributed by atoms with E-state index in [1.54, 1.807) is 0 Å². The van der Waals surface area contributed by atoms with Crippen molar-refractivity contribution in [3.63, 3.8) is 0 Å². The van der Waals surface area contributed by atoms with Gasteiger partial charge in [-0.15, -0.1) is 0 Å². The minimum Gasteiger partial charge on any atom is -0.382 e. The first-order valence-electron chi connectivity index (χ1n) is 4.13. The Morgan fingerprint density at radius 1 is 1.29 bits per heavy atom. The van der Waals surface area contributed by atoms with Gasteiger partial charge >= 0.3 is 0 Å². The molecular weight excluding hydrogens is 178 g/mol. The molecule has 1 heterocycles. The highest BCUT2D eigenvalue weighted by atomic mass is 16.5. The quantitative estimate of drug-likeness (QED) is 0.554. The van der Waals surface area contributed by atoms with Crippen LogP contribution in [-0.2, 0) is 0 Å². The fourth-order valence-electron chi connectivity index (χ4n) is 1.25. The van der Waals surface area contributed by atoms with E-state index in [1.165, 1.54) is 6.26 Å². The molecule has 0 amide bonds. The van der Waals surface area contributed by atoms with Crippen molar-refractivity contribution in [1.29, 1.82) is 5.41 Å². The van der Waals surface area contributed by atoms with Gasteiger partial charge in [-0.05, 0) is 5.56 Å². The Hall–Kier alpha value is -2.10. The smallest absolute Gasteiger partial charge is 0.155 e. The van der Waals surface area contributed by atoms with E-state index in [1.807, 2.05) is 30.3 Å². The second-order valence-electron chi connectivity index (χ2n) is 2.86. The minimum absolute atomic E-state index is 0.0856. The minimum atomic E-state index is -0.0856. The van der Waals surface area contributed by atoms with E-state index in [9.17, 15) is 0 Å². The van der Waals surface area contributed by atoms with E-state index >= 15 is 0 Å². The Morgan fingerprint density at radius 3 is 2.64 bits per heavy atom. The lowest BCUT2D eigenvalue weighted by molar-refractivity contribution is 0.418. The fraction of sp³-hybridized carbons (Fsp3) is 0. The molecule has 0 bridgehead atoms. The SMILES string of the molecule is N=C(N)c1nocc1-c1ccccc1. The molecule has 0 saturated heterocycles. The highest BCUT2D eigenvalue weighted by Gasteiger charge is 2.11. The van der Waals surface area contributed by atoms with Crippen LogP contribution in [0.15, 0.2) is 41.1 Å². The van der Waals surface area contributed by atoms with E-state index in [0.717, 1.165) is 11.1 Å². The second kappa shape index (κ2) is 3.33. The molecule has 1 aromatic carbocycles. The summed E-state index contributed by atoms with van der Waals surface area (Å²) in [5.41, 5.74) is 7.43. The molecule has 0 atom stereocenters. The third kappa shape index (κ3) is 1.37. The van der Waals surface area contributed by atoms with E-state index in [2.05, 4.69) is 5.16 Å². The van der Waals surface area contributed by atoms with Gasteiger partial charge in [0.15, 0.2) is 5.69 Å². The molecule has 70 valence electrons. The van der Waals surface area contributed by atoms with Crippen molar-refractivity contribution in [2.45, 2.75) is 0 Å². The van der Waals surface area contributed by atoms with Gasteiger partial charge < -0.3 is 10.3 Å². The zero-order valence-electron chi connectivity index (χ0n) is 7.40. The van der Waals surface area contributed by atoms with Gasteiger partial charge in [-0.3, -0.25) is 5.41 Å². The van der Waals surface area contributed by atoms with E-state index in [0.29, 0.717) is 5.69 Å². The average molecular weight is 187 g/mol. The zero-order valence-corrected chi connectivity index (χ0v) is 7.40. The first kappa shape index (κ1) is 8.50. The lowest BCUT2D eigenvalue weighted by Crippen LogP contribution is -2.12. The first-order chi connectivity index (χ1) is 6.79. The van der Waals surface area contributed by atoms with Crippen LogP contribution in [0.5, 0.6) is 0 Å². The molecule has 0 unspecified atom stereocenters. The van der Waals surface area contributed by atoms with Crippen LogP contribution >= 0.6 is 0 Å². The van der Waals surface area contributed by atoms with Crippen LogP contribution in [0.1, 0.15) is 5.69 Å². The molecule has 0 radical (unpaired) electrons. The number of benzene rings is 1. The molecule has 2 rings (SSSR count). The second-order valence-corrected chi connectivity index (χ2v) is 2.86. The van der Waals surface area contributed by atoms with Gasteiger partial charge in [0.05, 0.1) is 5.56 Å². The third-order valence-corrected chi connectivity index (χ3v) is 1.91. The Morgan fingerprint density at radius 2 is 2.00 bits per heavy atom. The van der Waals surface area contributed by atoms with Gasteiger partial charge in [0.25, 0.3) is 0 Å². The maximum Gasteiger partial charge on any atom is 0.155 e. The highest BCUT2D eigenvalue weighted by Crippen LogP contribution is 2.21. The summed E-state index contributed by atoms with van der Waals surface area (Å²) in [5, 5.41) is 11.0. The summed E-state index contributed by atoms with van der Waals surface area (Å²) in [6, 6.07) is 9.57. The van der Waals surface area contributed by atoms with Crippen molar-refractivity contribution in [3.8, 4) is 11.1 Å². The lowest BCUT2D eigenvalue weighted by atomic mass is 10.1. The van der Waals surface area contributed by atoms with Crippen LogP contribution in [0.3, 0.4) is 0 Å². The molecule has 3 N–H and O–H groups in total. The summed E-state index contributed by atoms with van der Waals surface area (Å²) < 4.78 is 4.79. The number of nitrogens with zero attached hydrogens (tertiary/aromatic N) is 1. The lowest BCUT2D eigenvalue weighted by Gasteiger charge is -1.97. The maximum absolute atomic E-state index is 7.30. The topological polar surface area (TPSA) is 75.9 Å². The summed E-state index contributed by atoms with van der Waals surface area (Å²) in [4.78, 5) is 0. The molecule has 1 aromatic heterocycles. The number of nitrogens with two attached hydrogens (primary N) is 1. The molecule has 0 aliphatic carbocycles. The summed E-state index contributed by atoms with van der Waals surface area (Å²) in [6.07, 6.45) is 1.49. The van der Waals surface area contributed by atoms with Gasteiger partial charge in [0, 0.05) is 0 Å². The molecule has 0 fully saturated rings. The molecule has 2 aromatic rings. The van der Waals surface area contributed by atoms with Crippen molar-refractivity contribution in [2.75, 3.05) is 0 Å². The first-order valence-corrected chi connectivity index (χ1v) is 4.13. The summed E-state index contributed by atoms with van der Waals surface area (Å²) in [7, 11) is 0. The largest absolute Gasteiger partial charge is 0.382 e. The fourth-order valence-corrected chi connectivity index (χ4v) is 1.25. The molecule has 4 heteroatoms. The predicted octanol–water partition coefficient (Wildman–Crippen LogP) is 1.63. The van der Waals surface area contributed by atoms with Gasteiger partial charge in [0.1, 0.15) is 12.1 Å². The zero-order chi connectivity index (χ0) is 9.97. The standard InChI is InChI=1S/C10H9N3O/c11-10(12)9-8(6-14-13-9)7-4-2-1-3-5-7/h1-6H,(H3,11,12). The van der Waals surface area contributed by atoms with Gasteiger partial charge in [0.2, 0.25) is 0 Å². The summed E-state index contributed by atoms with van der Waals surface area (Å²) >= 11 is 0. The Bertz CT molecular complexity index is 447. The number of aromatic nitrogens is 1. The van der Waals surface area contributed by atoms with Crippen molar-refractivity contribution in [1.82, 2.24) is 5.16 Å². The number of rotatable bonds is 2. The van der Waals surface area contributed by atoms with E-state index in [4.69, 9.17) is 15.7 Å². The van der Waals surface area contributed by atoms with Crippen molar-refractivity contribution >= 4 is 5.84 Å². The van der Waals surface area contributed by atoms with Crippen molar-refractivity contribution in [3.05, 3.63) is 42.3 Å². The van der Waals surface area contributed by atoms with E-state index < -0.39 is 0 Å². The molecular formula is C10H9N3O. The molecule has 0 aliphatic rings. The van der Waals surface area contributed by atoms with Crippen LogP contribution in [0, 0.1) is 5.41 Å². The average Bonchev–Trinajstić information content (AvgIpc) is 2.67. The summed E-state index contributed by atoms with van der Waals surface area (Å²) in [5.74, 6) is -0.0856. The Balaban J connectivity index is 2.52. The van der Waals surface area contributed by atoms with E-state index in [-0.39, 0.29) is 5.84 Å². The van der Waals surface area contributed by atoms with Crippen molar-refractivity contribution in [2.24, 2.45) is 5.73 Å². The Labute approximate surface area is 80.8 Å². The van der Waals surface area contributed by atoms with Gasteiger partial charge in [-0.1, -0.05) is 35.5 Å². The molecule has 4 nitrogen and oxygen atoms in total. The number of hydrogen-bond acceptors (Lipinski definition) is 3. The van der Waals surface area contributed by atoms with Gasteiger partial charge in [-0.25, -0.2) is 0 Å². The number of nitrogens with one attached hydrogen (secondary N) is 1. The van der Waals surface area contributed by atoms with Crippen LogP contribution in [0.2, 0.25) is 0 Å². The normalized spacial score (nSPS) is 10.0. The third-order valence-electron chi connectivity index (χ3n) is 1.91. The molecule has 14 heavy (non-hydrogen) atoms. The summed E-state index contributed by atoms with van der Waals surface area (Å²) in [6.45, 7) is 0. The van der Waals surface area contributed by atoms with Crippen LogP contribution in [-0.4, -0.2) is 11.0 Å². The number of nitrogen functional groups attached to an aromatic ring is 1. The van der Waals surface area contributed by atoms with Crippen LogP contribution < -0.4 is 5.73 Å². The monoisotopic (exact) mass is 187 g/mol. The number of hydrogen-bond donors (Lipinski definition) is 2. The number of amidine groups is 1. The van der Waals surface area contributed by atoms with Crippen LogP contribution in [0.25, 0.3) is 11.1 Å². The van der Waals surface area contributed by atoms with Crippen LogP contribution in [0.4, 0.5) is 0 Å². The Kier molecular flexibility index (Phi) is 2.02. The van der Waals surface area contributed by atoms with Gasteiger partial charge in [-0.2, -0.15) is 0 Å². The van der Waals surface area contributed by atoms with Crippen molar-refractivity contribution < 1.29 is 4.52 Å². The highest BCUT2D eigenvalue weighted by molar-refractivity contribution is 5.99. The predicted molar refractivity (Wildman–Crippen MR) is 53.0 cm³/mol.